The number of nitrogens with zero attached hydrogens (tertiary/aromatic N) is 1. The molecular formula is C21H21Cl2N3O4S. The number of rotatable bonds is 8. The molecule has 2 aromatic rings. The molecule has 0 saturated heterocycles. The van der Waals surface area contributed by atoms with Crippen LogP contribution in [-0.2, 0) is 19.4 Å². The molecule has 1 atom stereocenters. The van der Waals surface area contributed by atoms with Crippen LogP contribution in [0.25, 0.3) is 11.1 Å². The molecule has 0 aromatic heterocycles. The summed E-state index contributed by atoms with van der Waals surface area (Å²) < 4.78 is 25.8. The fraction of sp³-hybridized carbons (Fsp3) is 0.286. The number of benzene rings is 2. The number of halogens is 2. The molecule has 0 spiro atoms. The van der Waals surface area contributed by atoms with Gasteiger partial charge in [0.1, 0.15) is 6.04 Å². The molecule has 0 heterocycles. The van der Waals surface area contributed by atoms with Crippen molar-refractivity contribution in [3.63, 3.8) is 0 Å². The third-order valence-corrected chi connectivity index (χ3v) is 7.13. The van der Waals surface area contributed by atoms with Gasteiger partial charge in [0.15, 0.2) is 9.84 Å². The Morgan fingerprint density at radius 1 is 1.16 bits per heavy atom. The van der Waals surface area contributed by atoms with Crippen molar-refractivity contribution >= 4 is 44.9 Å². The first kappa shape index (κ1) is 24.7. The van der Waals surface area contributed by atoms with Crippen molar-refractivity contribution in [2.75, 3.05) is 5.75 Å². The summed E-state index contributed by atoms with van der Waals surface area (Å²) in [6.45, 7) is 2.89. The molecule has 0 bridgehead atoms. The molecule has 10 heteroatoms. The lowest BCUT2D eigenvalue weighted by atomic mass is 9.94. The minimum Gasteiger partial charge on any atom is -0.370 e. The topological polar surface area (TPSA) is 130 Å². The summed E-state index contributed by atoms with van der Waals surface area (Å²) >= 11 is 12.1. The Kier molecular flexibility index (Phi) is 7.71. The van der Waals surface area contributed by atoms with E-state index in [0.29, 0.717) is 21.2 Å². The molecule has 0 aliphatic heterocycles. The highest BCUT2D eigenvalue weighted by molar-refractivity contribution is 7.91. The molecule has 0 unspecified atom stereocenters. The van der Waals surface area contributed by atoms with E-state index >= 15 is 0 Å². The van der Waals surface area contributed by atoms with Gasteiger partial charge in [-0.2, -0.15) is 5.26 Å². The summed E-state index contributed by atoms with van der Waals surface area (Å²) in [6, 6.07) is 11.8. The van der Waals surface area contributed by atoms with E-state index in [-0.39, 0.29) is 11.3 Å². The second kappa shape index (κ2) is 9.69. The fourth-order valence-electron chi connectivity index (χ4n) is 2.87. The van der Waals surface area contributed by atoms with Crippen LogP contribution < -0.4 is 11.1 Å². The van der Waals surface area contributed by atoms with Gasteiger partial charge in [-0.25, -0.2) is 8.42 Å². The smallest absolute Gasteiger partial charge is 0.227 e. The van der Waals surface area contributed by atoms with Crippen LogP contribution >= 0.6 is 23.2 Å². The van der Waals surface area contributed by atoms with E-state index in [1.54, 1.807) is 36.4 Å². The van der Waals surface area contributed by atoms with E-state index in [2.05, 4.69) is 5.32 Å². The van der Waals surface area contributed by atoms with Crippen LogP contribution in [-0.4, -0.2) is 32.0 Å². The maximum absolute atomic E-state index is 12.9. The molecule has 2 rings (SSSR count). The van der Waals surface area contributed by atoms with Crippen LogP contribution in [0.3, 0.4) is 0 Å². The molecular weight excluding hydrogens is 461 g/mol. The number of sulfone groups is 1. The number of hydrogen-bond donors (Lipinski definition) is 2. The van der Waals surface area contributed by atoms with Crippen LogP contribution in [0.2, 0.25) is 10.0 Å². The van der Waals surface area contributed by atoms with Gasteiger partial charge in [0.2, 0.25) is 11.8 Å². The summed E-state index contributed by atoms with van der Waals surface area (Å²) in [4.78, 5) is 23.6. The van der Waals surface area contributed by atoms with E-state index in [9.17, 15) is 18.0 Å². The molecule has 3 N–H and O–H groups in total. The average Bonchev–Trinajstić information content (AvgIpc) is 2.66. The number of nitriles is 1. The van der Waals surface area contributed by atoms with Crippen molar-refractivity contribution in [1.29, 1.82) is 5.26 Å². The van der Waals surface area contributed by atoms with E-state index in [1.165, 1.54) is 26.0 Å². The summed E-state index contributed by atoms with van der Waals surface area (Å²) in [5.74, 6) is -1.92. The Labute approximate surface area is 191 Å². The van der Waals surface area contributed by atoms with Gasteiger partial charge < -0.3 is 11.1 Å². The normalized spacial score (nSPS) is 12.6. The molecule has 0 aliphatic carbocycles. The van der Waals surface area contributed by atoms with E-state index in [4.69, 9.17) is 34.2 Å². The van der Waals surface area contributed by atoms with Crippen molar-refractivity contribution in [3.05, 3.63) is 52.5 Å². The highest BCUT2D eigenvalue weighted by atomic mass is 35.5. The van der Waals surface area contributed by atoms with E-state index in [1.807, 2.05) is 0 Å². The van der Waals surface area contributed by atoms with Gasteiger partial charge in [-0.3, -0.25) is 9.59 Å². The van der Waals surface area contributed by atoms with Crippen LogP contribution in [0, 0.1) is 16.7 Å². The van der Waals surface area contributed by atoms with Crippen LogP contribution in [0.15, 0.2) is 47.4 Å². The van der Waals surface area contributed by atoms with Crippen molar-refractivity contribution in [2.45, 2.75) is 31.2 Å². The molecule has 0 radical (unpaired) electrons. The van der Waals surface area contributed by atoms with Gasteiger partial charge in [-0.15, -0.1) is 0 Å². The second-order valence-electron chi connectivity index (χ2n) is 7.62. The first-order valence-corrected chi connectivity index (χ1v) is 11.5. The van der Waals surface area contributed by atoms with Crippen molar-refractivity contribution < 1.29 is 18.0 Å². The van der Waals surface area contributed by atoms with Gasteiger partial charge in [0.25, 0.3) is 0 Å². The maximum atomic E-state index is 12.9. The molecule has 0 fully saturated rings. The van der Waals surface area contributed by atoms with Crippen LogP contribution in [0.4, 0.5) is 0 Å². The number of carbonyl (C=O) groups is 2. The van der Waals surface area contributed by atoms with Gasteiger partial charge in [-0.1, -0.05) is 55.2 Å². The number of nitrogens with two attached hydrogens (primary N) is 1. The zero-order chi connectivity index (χ0) is 23.4. The predicted molar refractivity (Wildman–Crippen MR) is 119 cm³/mol. The summed E-state index contributed by atoms with van der Waals surface area (Å²) in [5, 5.41) is 12.3. The SMILES string of the molecule is CC(C)(CS(=O)(=O)c1ccc(-c2ccc(Cl)cc2Cl)cc1)C(=O)N[C@H](C#N)CC(N)=O. The lowest BCUT2D eigenvalue weighted by Gasteiger charge is -2.24. The average molecular weight is 482 g/mol. The monoisotopic (exact) mass is 481 g/mol. The number of hydrogen-bond acceptors (Lipinski definition) is 5. The third-order valence-electron chi connectivity index (χ3n) is 4.49. The first-order chi connectivity index (χ1) is 14.4. The Bertz CT molecular complexity index is 1140. The quantitative estimate of drug-likeness (QED) is 0.596. The van der Waals surface area contributed by atoms with Crippen molar-refractivity contribution in [2.24, 2.45) is 11.1 Å². The number of nitrogens with one attached hydrogen (secondary N) is 1. The Morgan fingerprint density at radius 2 is 1.77 bits per heavy atom. The number of carbonyl (C=O) groups excluding carboxylic acids is 2. The van der Waals surface area contributed by atoms with Gasteiger partial charge in [0, 0.05) is 15.6 Å². The Balaban J connectivity index is 2.20. The predicted octanol–water partition coefficient (Wildman–Crippen LogP) is 3.34. The molecule has 31 heavy (non-hydrogen) atoms. The highest BCUT2D eigenvalue weighted by Gasteiger charge is 2.35. The van der Waals surface area contributed by atoms with Crippen molar-refractivity contribution in [3.8, 4) is 17.2 Å². The minimum absolute atomic E-state index is 0.0381. The summed E-state index contributed by atoms with van der Waals surface area (Å²) in [5.41, 5.74) is 5.10. The lowest BCUT2D eigenvalue weighted by Crippen LogP contribution is -2.46. The van der Waals surface area contributed by atoms with Gasteiger partial charge in [-0.05, 0) is 29.8 Å². The van der Waals surface area contributed by atoms with E-state index in [0.717, 1.165) is 0 Å². The standard InChI is InChI=1S/C21H21Cl2N3O4S/c1-21(2,20(28)26-15(11-24)10-19(25)27)12-31(29,30)16-6-3-13(4-7-16)17-8-5-14(22)9-18(17)23/h3-9,15H,10,12H2,1-2H3,(H2,25,27)(H,26,28)/t15-/m0/s1. The minimum atomic E-state index is -3.83. The maximum Gasteiger partial charge on any atom is 0.227 e. The molecule has 2 amide bonds. The Hall–Kier alpha value is -2.60. The largest absolute Gasteiger partial charge is 0.370 e. The summed E-state index contributed by atoms with van der Waals surface area (Å²) in [6.07, 6.45) is -0.361. The zero-order valence-corrected chi connectivity index (χ0v) is 19.2. The fourth-order valence-corrected chi connectivity index (χ4v) is 5.19. The van der Waals surface area contributed by atoms with Gasteiger partial charge in [0.05, 0.1) is 28.6 Å². The molecule has 2 aromatic carbocycles. The molecule has 0 saturated carbocycles. The Morgan fingerprint density at radius 3 is 2.29 bits per heavy atom. The molecule has 164 valence electrons. The van der Waals surface area contributed by atoms with E-state index < -0.39 is 38.9 Å². The number of amides is 2. The van der Waals surface area contributed by atoms with Crippen LogP contribution in [0.5, 0.6) is 0 Å². The highest BCUT2D eigenvalue weighted by Crippen LogP contribution is 2.31. The zero-order valence-electron chi connectivity index (χ0n) is 16.9. The molecule has 7 nitrogen and oxygen atoms in total. The molecule has 0 aliphatic rings. The number of primary amides is 1. The lowest BCUT2D eigenvalue weighted by molar-refractivity contribution is -0.129. The first-order valence-electron chi connectivity index (χ1n) is 9.13. The van der Waals surface area contributed by atoms with Crippen LogP contribution in [0.1, 0.15) is 20.3 Å². The third kappa shape index (κ3) is 6.44. The summed E-state index contributed by atoms with van der Waals surface area (Å²) in [7, 11) is -3.83. The van der Waals surface area contributed by atoms with Gasteiger partial charge >= 0.3 is 0 Å². The van der Waals surface area contributed by atoms with Crippen molar-refractivity contribution in [1.82, 2.24) is 5.32 Å². The second-order valence-corrected chi connectivity index (χ2v) is 10.5.